The van der Waals surface area contributed by atoms with Crippen LogP contribution in [0.15, 0.2) is 36.4 Å². The number of hydrogen-bond acceptors (Lipinski definition) is 5. The van der Waals surface area contributed by atoms with Gasteiger partial charge in [-0.3, -0.25) is 0 Å². The Morgan fingerprint density at radius 3 is 2.52 bits per heavy atom. The Morgan fingerprint density at radius 2 is 1.83 bits per heavy atom. The SMILES string of the molecule is CN(C)CCNc1cc(-c2ccccc2)nc(N2CCCC2)n1. The van der Waals surface area contributed by atoms with Crippen molar-refractivity contribution in [3.05, 3.63) is 36.4 Å². The highest BCUT2D eigenvalue weighted by Gasteiger charge is 2.17. The lowest BCUT2D eigenvalue weighted by Crippen LogP contribution is -2.23. The first-order valence-electron chi connectivity index (χ1n) is 8.30. The number of rotatable bonds is 6. The van der Waals surface area contributed by atoms with Gasteiger partial charge in [-0.1, -0.05) is 30.3 Å². The van der Waals surface area contributed by atoms with Gasteiger partial charge in [0, 0.05) is 37.8 Å². The summed E-state index contributed by atoms with van der Waals surface area (Å²) in [5, 5.41) is 3.43. The van der Waals surface area contributed by atoms with Gasteiger partial charge in [0.15, 0.2) is 0 Å². The molecular weight excluding hydrogens is 286 g/mol. The Morgan fingerprint density at radius 1 is 1.09 bits per heavy atom. The van der Waals surface area contributed by atoms with E-state index in [1.54, 1.807) is 0 Å². The molecular formula is C18H25N5. The van der Waals surface area contributed by atoms with Crippen LogP contribution < -0.4 is 10.2 Å². The molecule has 5 nitrogen and oxygen atoms in total. The summed E-state index contributed by atoms with van der Waals surface area (Å²) in [4.78, 5) is 14.0. The van der Waals surface area contributed by atoms with Gasteiger partial charge in [-0.05, 0) is 26.9 Å². The van der Waals surface area contributed by atoms with Gasteiger partial charge >= 0.3 is 0 Å². The number of aromatic nitrogens is 2. The molecule has 122 valence electrons. The lowest BCUT2D eigenvalue weighted by Gasteiger charge is -2.18. The van der Waals surface area contributed by atoms with Crippen molar-refractivity contribution in [1.29, 1.82) is 0 Å². The van der Waals surface area contributed by atoms with Gasteiger partial charge in [0.05, 0.1) is 5.69 Å². The lowest BCUT2D eigenvalue weighted by molar-refractivity contribution is 0.425. The van der Waals surface area contributed by atoms with Crippen LogP contribution in [0.5, 0.6) is 0 Å². The topological polar surface area (TPSA) is 44.3 Å². The summed E-state index contributed by atoms with van der Waals surface area (Å²) in [5.74, 6) is 1.75. The van der Waals surface area contributed by atoms with Crippen molar-refractivity contribution < 1.29 is 0 Å². The third kappa shape index (κ3) is 4.20. The largest absolute Gasteiger partial charge is 0.369 e. The smallest absolute Gasteiger partial charge is 0.227 e. The van der Waals surface area contributed by atoms with Gasteiger partial charge in [-0.15, -0.1) is 0 Å². The molecule has 1 aromatic carbocycles. The van der Waals surface area contributed by atoms with E-state index in [-0.39, 0.29) is 0 Å². The molecule has 0 atom stereocenters. The van der Waals surface area contributed by atoms with Crippen LogP contribution in [0, 0.1) is 0 Å². The van der Waals surface area contributed by atoms with Crippen LogP contribution in [0.2, 0.25) is 0 Å². The molecule has 2 aromatic rings. The Balaban J connectivity index is 1.87. The van der Waals surface area contributed by atoms with E-state index in [9.17, 15) is 0 Å². The van der Waals surface area contributed by atoms with Crippen molar-refractivity contribution in [2.24, 2.45) is 0 Å². The van der Waals surface area contributed by atoms with E-state index < -0.39 is 0 Å². The first-order valence-corrected chi connectivity index (χ1v) is 8.30. The average molecular weight is 311 g/mol. The molecule has 1 saturated heterocycles. The maximum atomic E-state index is 4.79. The number of likely N-dealkylation sites (N-methyl/N-ethyl adjacent to an activating group) is 1. The van der Waals surface area contributed by atoms with Gasteiger partial charge in [0.25, 0.3) is 0 Å². The highest BCUT2D eigenvalue weighted by Crippen LogP contribution is 2.24. The van der Waals surface area contributed by atoms with Crippen molar-refractivity contribution in [2.75, 3.05) is 50.5 Å². The molecule has 2 heterocycles. The van der Waals surface area contributed by atoms with Crippen molar-refractivity contribution >= 4 is 11.8 Å². The molecule has 1 N–H and O–H groups in total. The molecule has 0 radical (unpaired) electrons. The summed E-state index contributed by atoms with van der Waals surface area (Å²) in [7, 11) is 4.15. The second-order valence-electron chi connectivity index (χ2n) is 6.23. The summed E-state index contributed by atoms with van der Waals surface area (Å²) < 4.78 is 0. The van der Waals surface area contributed by atoms with E-state index >= 15 is 0 Å². The molecule has 1 aromatic heterocycles. The standard InChI is InChI=1S/C18H25N5/c1-22(2)13-10-19-17-14-16(15-8-4-3-5-9-15)20-18(21-17)23-11-6-7-12-23/h3-5,8-9,14H,6-7,10-13H2,1-2H3,(H,19,20,21). The zero-order chi connectivity index (χ0) is 16.1. The number of benzene rings is 1. The van der Waals surface area contributed by atoms with Gasteiger partial charge in [-0.25, -0.2) is 4.98 Å². The summed E-state index contributed by atoms with van der Waals surface area (Å²) in [6.45, 7) is 3.95. The third-order valence-electron chi connectivity index (χ3n) is 4.04. The summed E-state index contributed by atoms with van der Waals surface area (Å²) >= 11 is 0. The maximum absolute atomic E-state index is 4.79. The minimum absolute atomic E-state index is 0.844. The molecule has 3 rings (SSSR count). The van der Waals surface area contributed by atoms with Crippen molar-refractivity contribution in [3.8, 4) is 11.3 Å². The quantitative estimate of drug-likeness (QED) is 0.888. The fourth-order valence-electron chi connectivity index (χ4n) is 2.75. The zero-order valence-electron chi connectivity index (χ0n) is 14.0. The maximum Gasteiger partial charge on any atom is 0.227 e. The first kappa shape index (κ1) is 15.7. The van der Waals surface area contributed by atoms with Gasteiger partial charge in [0.1, 0.15) is 5.82 Å². The second kappa shape index (κ2) is 7.42. The van der Waals surface area contributed by atoms with Crippen molar-refractivity contribution in [3.63, 3.8) is 0 Å². The highest BCUT2D eigenvalue weighted by atomic mass is 15.3. The van der Waals surface area contributed by atoms with Crippen LogP contribution in [-0.4, -0.2) is 55.1 Å². The molecule has 1 aliphatic rings. The number of nitrogens with one attached hydrogen (secondary N) is 1. The average Bonchev–Trinajstić information content (AvgIpc) is 3.10. The molecule has 0 amide bonds. The molecule has 0 saturated carbocycles. The predicted octanol–water partition coefficient (Wildman–Crippen LogP) is 2.72. The van der Waals surface area contributed by atoms with E-state index in [0.717, 1.165) is 49.2 Å². The molecule has 1 aliphatic heterocycles. The van der Waals surface area contributed by atoms with Crippen molar-refractivity contribution in [2.45, 2.75) is 12.8 Å². The molecule has 5 heteroatoms. The molecule has 23 heavy (non-hydrogen) atoms. The van der Waals surface area contributed by atoms with Crippen LogP contribution in [0.25, 0.3) is 11.3 Å². The lowest BCUT2D eigenvalue weighted by atomic mass is 10.1. The summed E-state index contributed by atoms with van der Waals surface area (Å²) in [6.07, 6.45) is 2.45. The summed E-state index contributed by atoms with van der Waals surface area (Å²) in [6, 6.07) is 12.4. The van der Waals surface area contributed by atoms with Crippen LogP contribution >= 0.6 is 0 Å². The Labute approximate surface area is 138 Å². The normalized spacial score (nSPS) is 14.5. The van der Waals surface area contributed by atoms with Gasteiger partial charge in [0.2, 0.25) is 5.95 Å². The summed E-state index contributed by atoms with van der Waals surface area (Å²) in [5.41, 5.74) is 2.11. The third-order valence-corrected chi connectivity index (χ3v) is 4.04. The molecule has 0 bridgehead atoms. The fourth-order valence-corrected chi connectivity index (χ4v) is 2.75. The van der Waals surface area contributed by atoms with Crippen LogP contribution in [0.3, 0.4) is 0 Å². The number of anilines is 2. The minimum atomic E-state index is 0.844. The van der Waals surface area contributed by atoms with E-state index in [1.165, 1.54) is 12.8 Å². The van der Waals surface area contributed by atoms with Crippen molar-refractivity contribution in [1.82, 2.24) is 14.9 Å². The van der Waals surface area contributed by atoms with E-state index in [1.807, 2.05) is 24.3 Å². The van der Waals surface area contributed by atoms with Crippen LogP contribution in [0.4, 0.5) is 11.8 Å². The Bertz CT molecular complexity index is 621. The van der Waals surface area contributed by atoms with Gasteiger partial charge in [-0.2, -0.15) is 4.98 Å². The number of nitrogens with zero attached hydrogens (tertiary/aromatic N) is 4. The number of hydrogen-bond donors (Lipinski definition) is 1. The Hall–Kier alpha value is -2.14. The molecule has 0 spiro atoms. The molecule has 1 fully saturated rings. The van der Waals surface area contributed by atoms with E-state index in [0.29, 0.717) is 0 Å². The highest BCUT2D eigenvalue weighted by molar-refractivity contribution is 5.64. The van der Waals surface area contributed by atoms with Crippen LogP contribution in [-0.2, 0) is 0 Å². The van der Waals surface area contributed by atoms with E-state index in [2.05, 4.69) is 41.3 Å². The fraction of sp³-hybridized carbons (Fsp3) is 0.444. The monoisotopic (exact) mass is 311 g/mol. The predicted molar refractivity (Wildman–Crippen MR) is 96.0 cm³/mol. The molecule has 0 aliphatic carbocycles. The molecule has 0 unspecified atom stereocenters. The second-order valence-corrected chi connectivity index (χ2v) is 6.23. The van der Waals surface area contributed by atoms with Gasteiger partial charge < -0.3 is 15.1 Å². The zero-order valence-corrected chi connectivity index (χ0v) is 14.0. The van der Waals surface area contributed by atoms with E-state index in [4.69, 9.17) is 9.97 Å². The first-order chi connectivity index (χ1) is 11.2. The minimum Gasteiger partial charge on any atom is -0.369 e. The van der Waals surface area contributed by atoms with Crippen LogP contribution in [0.1, 0.15) is 12.8 Å². The Kier molecular flexibility index (Phi) is 5.08.